The van der Waals surface area contributed by atoms with Gasteiger partial charge in [0.05, 0.1) is 18.8 Å². The molecule has 1 aliphatic heterocycles. The van der Waals surface area contributed by atoms with Crippen molar-refractivity contribution in [3.63, 3.8) is 0 Å². The number of nitrogens with zero attached hydrogens (tertiary/aromatic N) is 1. The van der Waals surface area contributed by atoms with Crippen LogP contribution >= 0.6 is 0 Å². The van der Waals surface area contributed by atoms with Crippen LogP contribution in [0.15, 0.2) is 103 Å². The molecule has 272 valence electrons. The number of ether oxygens (including phenoxy) is 2. The molecule has 9 rings (SSSR count). The summed E-state index contributed by atoms with van der Waals surface area (Å²) in [6, 6.07) is 35.6. The van der Waals surface area contributed by atoms with Gasteiger partial charge in [0.1, 0.15) is 0 Å². The van der Waals surface area contributed by atoms with Gasteiger partial charge in [-0.15, -0.1) is 0 Å². The van der Waals surface area contributed by atoms with Gasteiger partial charge in [0.2, 0.25) is 0 Å². The summed E-state index contributed by atoms with van der Waals surface area (Å²) < 4.78 is 13.4. The summed E-state index contributed by atoms with van der Waals surface area (Å²) >= 11 is 0. The Morgan fingerprint density at radius 1 is 0.808 bits per heavy atom. The molecule has 0 unspecified atom stereocenters. The van der Waals surface area contributed by atoms with E-state index in [1.165, 1.54) is 24.8 Å². The number of likely N-dealkylation sites (N-methyl/N-ethyl adjacent to an activating group) is 1. The normalized spacial score (nSPS) is 28.5. The molecule has 3 N–H and O–H groups in total. The number of nitrogens with one attached hydrogen (secondary N) is 2. The van der Waals surface area contributed by atoms with Crippen molar-refractivity contribution in [2.75, 3.05) is 13.6 Å². The van der Waals surface area contributed by atoms with Crippen LogP contribution in [-0.2, 0) is 22.6 Å². The zero-order valence-corrected chi connectivity index (χ0v) is 30.5. The van der Waals surface area contributed by atoms with Crippen LogP contribution in [0.25, 0.3) is 11.1 Å². The number of amides is 2. The van der Waals surface area contributed by atoms with Crippen LogP contribution in [0.5, 0.6) is 0 Å². The highest BCUT2D eigenvalue weighted by atomic mass is 16.7. The van der Waals surface area contributed by atoms with Gasteiger partial charge in [0.15, 0.2) is 6.29 Å². The molecule has 4 bridgehead atoms. The number of aliphatic hydroxyl groups is 1. The highest BCUT2D eigenvalue weighted by molar-refractivity contribution is 5.76. The molecule has 7 heteroatoms. The van der Waals surface area contributed by atoms with Crippen molar-refractivity contribution >= 4 is 6.03 Å². The number of rotatable bonds is 11. The predicted octanol–water partition coefficient (Wildman–Crippen LogP) is 8.85. The van der Waals surface area contributed by atoms with E-state index >= 15 is 0 Å². The monoisotopic (exact) mass is 699 g/mol. The Kier molecular flexibility index (Phi) is 10.2. The van der Waals surface area contributed by atoms with E-state index in [-0.39, 0.29) is 36.4 Å². The smallest absolute Gasteiger partial charge is 0.315 e. The van der Waals surface area contributed by atoms with Crippen molar-refractivity contribution in [1.82, 2.24) is 15.5 Å². The van der Waals surface area contributed by atoms with Gasteiger partial charge in [-0.2, -0.15) is 0 Å². The maximum atomic E-state index is 13.3. The Labute approximate surface area is 308 Å². The van der Waals surface area contributed by atoms with E-state index in [0.29, 0.717) is 6.54 Å². The van der Waals surface area contributed by atoms with E-state index in [4.69, 9.17) is 9.47 Å². The molecule has 0 spiro atoms. The molecule has 1 heterocycles. The number of urea groups is 1. The number of carbonyl (C=O) groups is 1. The van der Waals surface area contributed by atoms with E-state index in [2.05, 4.69) is 114 Å². The summed E-state index contributed by atoms with van der Waals surface area (Å²) in [6.45, 7) is 3.48. The second-order valence-electron chi connectivity index (χ2n) is 16.2. The first-order chi connectivity index (χ1) is 25.3. The van der Waals surface area contributed by atoms with E-state index in [1.54, 1.807) is 0 Å². The fourth-order valence-corrected chi connectivity index (χ4v) is 10.00. The second-order valence-corrected chi connectivity index (χ2v) is 16.2. The molecule has 1 saturated heterocycles. The van der Waals surface area contributed by atoms with Crippen molar-refractivity contribution in [3.05, 3.63) is 131 Å². The Hall–Kier alpha value is -4.01. The van der Waals surface area contributed by atoms with Crippen LogP contribution in [0.4, 0.5) is 4.79 Å². The van der Waals surface area contributed by atoms with Gasteiger partial charge in [-0.3, -0.25) is 4.90 Å². The molecule has 5 fully saturated rings. The lowest BCUT2D eigenvalue weighted by Gasteiger charge is -2.56. The van der Waals surface area contributed by atoms with Crippen LogP contribution < -0.4 is 10.6 Å². The molecular formula is C45H53N3O4. The van der Waals surface area contributed by atoms with Crippen molar-refractivity contribution < 1.29 is 19.4 Å². The van der Waals surface area contributed by atoms with Gasteiger partial charge < -0.3 is 25.2 Å². The molecule has 7 nitrogen and oxygen atoms in total. The molecule has 0 radical (unpaired) electrons. The topological polar surface area (TPSA) is 83.1 Å². The van der Waals surface area contributed by atoms with Gasteiger partial charge in [0.25, 0.3) is 0 Å². The fourth-order valence-electron chi connectivity index (χ4n) is 10.00. The lowest BCUT2D eigenvalue weighted by atomic mass is 9.53. The highest BCUT2D eigenvalue weighted by Crippen LogP contribution is 2.55. The number of carbonyl (C=O) groups excluding carboxylic acids is 1. The molecule has 52 heavy (non-hydrogen) atoms. The molecule has 5 aliphatic rings. The predicted molar refractivity (Wildman–Crippen MR) is 204 cm³/mol. The molecule has 2 amide bonds. The molecule has 4 aliphatic carbocycles. The van der Waals surface area contributed by atoms with Crippen molar-refractivity contribution in [2.45, 2.75) is 95.1 Å². The van der Waals surface area contributed by atoms with Crippen LogP contribution in [0, 0.1) is 17.8 Å². The first-order valence-corrected chi connectivity index (χ1v) is 19.3. The molecule has 4 saturated carbocycles. The fraction of sp³-hybridized carbons (Fsp3) is 0.444. The molecule has 4 atom stereocenters. The maximum Gasteiger partial charge on any atom is 0.315 e. The third-order valence-corrected chi connectivity index (χ3v) is 12.4. The van der Waals surface area contributed by atoms with E-state index < -0.39 is 6.29 Å². The quantitative estimate of drug-likeness (QED) is 0.146. The number of hydrogen-bond donors (Lipinski definition) is 3. The second kappa shape index (κ2) is 15.2. The summed E-state index contributed by atoms with van der Waals surface area (Å²) in [5.74, 6) is 2.37. The standard InChI is InChI=1S/C45H53N3O4/c1-30(35-8-4-3-5-9-35)48(2)28-40-23-42(37-14-12-31(29-49)13-15-37)52-43(51-40)38-18-16-36(17-19-38)41-11-7-6-10-39(41)27-46-44(50)47-45-24-32-20-33(25-45)22-34(21-32)26-45/h3-19,30,32-34,40,42-43,49H,20-29H2,1-2H3,(H2,46,47,50)/t30-,32?,33?,34?,40+,42-,43-,45?/m0/s1. The van der Waals surface area contributed by atoms with Crippen LogP contribution in [-0.4, -0.2) is 41.3 Å². The Morgan fingerprint density at radius 2 is 1.44 bits per heavy atom. The largest absolute Gasteiger partial charge is 0.392 e. The van der Waals surface area contributed by atoms with Crippen molar-refractivity contribution in [2.24, 2.45) is 17.8 Å². The summed E-state index contributed by atoms with van der Waals surface area (Å²) in [7, 11) is 2.16. The first-order valence-electron chi connectivity index (χ1n) is 19.3. The molecular weight excluding hydrogens is 647 g/mol. The summed E-state index contributed by atoms with van der Waals surface area (Å²) in [4.78, 5) is 15.6. The highest BCUT2D eigenvalue weighted by Gasteiger charge is 2.51. The number of hydrogen-bond acceptors (Lipinski definition) is 5. The number of benzene rings is 4. The number of aliphatic hydroxyl groups excluding tert-OH is 1. The summed E-state index contributed by atoms with van der Waals surface area (Å²) in [6.07, 6.45) is 7.52. The third-order valence-electron chi connectivity index (χ3n) is 12.4. The molecule has 0 aromatic heterocycles. The van der Waals surface area contributed by atoms with Crippen molar-refractivity contribution in [1.29, 1.82) is 0 Å². The lowest BCUT2D eigenvalue weighted by molar-refractivity contribution is -0.253. The molecule has 4 aromatic rings. The Morgan fingerprint density at radius 3 is 2.12 bits per heavy atom. The van der Waals surface area contributed by atoms with Gasteiger partial charge in [-0.1, -0.05) is 103 Å². The first kappa shape index (κ1) is 35.0. The van der Waals surface area contributed by atoms with E-state index in [0.717, 1.165) is 83.4 Å². The van der Waals surface area contributed by atoms with Crippen molar-refractivity contribution in [3.8, 4) is 11.1 Å². The van der Waals surface area contributed by atoms with Gasteiger partial charge in [-0.25, -0.2) is 4.79 Å². The zero-order chi connectivity index (χ0) is 35.7. The van der Waals surface area contributed by atoms with Gasteiger partial charge >= 0.3 is 6.03 Å². The van der Waals surface area contributed by atoms with Crippen LogP contribution in [0.1, 0.15) is 98.1 Å². The van der Waals surface area contributed by atoms with Crippen LogP contribution in [0.2, 0.25) is 0 Å². The average Bonchev–Trinajstić information content (AvgIpc) is 3.16. The lowest BCUT2D eigenvalue weighted by Crippen LogP contribution is -2.61. The van der Waals surface area contributed by atoms with Crippen LogP contribution in [0.3, 0.4) is 0 Å². The zero-order valence-electron chi connectivity index (χ0n) is 30.5. The Balaban J connectivity index is 0.955. The van der Waals surface area contributed by atoms with Gasteiger partial charge in [0, 0.05) is 36.7 Å². The van der Waals surface area contributed by atoms with E-state index in [1.807, 2.05) is 18.2 Å². The van der Waals surface area contributed by atoms with Gasteiger partial charge in [-0.05, 0) is 104 Å². The minimum atomic E-state index is -0.527. The van der Waals surface area contributed by atoms with E-state index in [9.17, 15) is 9.90 Å². The maximum absolute atomic E-state index is 13.3. The average molecular weight is 700 g/mol. The summed E-state index contributed by atoms with van der Waals surface area (Å²) in [5.41, 5.74) is 7.48. The third kappa shape index (κ3) is 7.69. The minimum Gasteiger partial charge on any atom is -0.392 e. The Bertz CT molecular complexity index is 1780. The summed E-state index contributed by atoms with van der Waals surface area (Å²) in [5, 5.41) is 16.3. The molecule has 4 aromatic carbocycles. The SMILES string of the molecule is C[C@@H](c1ccccc1)N(C)C[C@H]1C[C@@H](c2ccc(CO)cc2)O[C@@H](c2ccc(-c3ccccc3CNC(=O)NC34CC5CC(CC(C5)C3)C4)cc2)O1. The minimum absolute atomic E-state index is 0.00606.